The molecule has 3 nitrogen and oxygen atoms in total. The van der Waals surface area contributed by atoms with Gasteiger partial charge in [-0.3, -0.25) is 4.79 Å². The van der Waals surface area contributed by atoms with Gasteiger partial charge in [0.1, 0.15) is 0 Å². The van der Waals surface area contributed by atoms with Crippen molar-refractivity contribution in [2.75, 3.05) is 17.7 Å². The second-order valence-electron chi connectivity index (χ2n) is 4.74. The average Bonchev–Trinajstić information content (AvgIpc) is 2.40. The summed E-state index contributed by atoms with van der Waals surface area (Å²) < 4.78 is 0. The first-order valence-electron chi connectivity index (χ1n) is 6.20. The zero-order valence-electron chi connectivity index (χ0n) is 11.5. The van der Waals surface area contributed by atoms with Crippen LogP contribution in [0.3, 0.4) is 0 Å². The van der Waals surface area contributed by atoms with Crippen molar-refractivity contribution in [3.63, 3.8) is 0 Å². The summed E-state index contributed by atoms with van der Waals surface area (Å²) in [5.41, 5.74) is 10.00. The van der Waals surface area contributed by atoms with Crippen LogP contribution in [0.25, 0.3) is 0 Å². The Morgan fingerprint density at radius 2 is 1.79 bits per heavy atom. The van der Waals surface area contributed by atoms with Gasteiger partial charge >= 0.3 is 0 Å². The van der Waals surface area contributed by atoms with E-state index in [9.17, 15) is 4.79 Å². The third-order valence-corrected chi connectivity index (χ3v) is 3.23. The van der Waals surface area contributed by atoms with Gasteiger partial charge < -0.3 is 10.6 Å². The van der Waals surface area contributed by atoms with E-state index in [1.807, 2.05) is 50.2 Å². The number of nitrogen functional groups attached to an aromatic ring is 1. The zero-order chi connectivity index (χ0) is 14.0. The molecule has 0 unspecified atom stereocenters. The standard InChI is InChI=1S/C16H18N2O/c1-11-8-9-12(2)13(10-11)16(19)18(3)15-7-5-4-6-14(15)17/h4-10H,17H2,1-3H3. The van der Waals surface area contributed by atoms with Gasteiger partial charge in [-0.2, -0.15) is 0 Å². The monoisotopic (exact) mass is 254 g/mol. The summed E-state index contributed by atoms with van der Waals surface area (Å²) in [5, 5.41) is 0. The molecular weight excluding hydrogens is 236 g/mol. The topological polar surface area (TPSA) is 46.3 Å². The zero-order valence-corrected chi connectivity index (χ0v) is 11.5. The molecule has 0 aromatic heterocycles. The van der Waals surface area contributed by atoms with Crippen LogP contribution < -0.4 is 10.6 Å². The summed E-state index contributed by atoms with van der Waals surface area (Å²) in [6, 6.07) is 13.2. The summed E-state index contributed by atoms with van der Waals surface area (Å²) >= 11 is 0. The van der Waals surface area contributed by atoms with Crippen molar-refractivity contribution < 1.29 is 4.79 Å². The lowest BCUT2D eigenvalue weighted by Crippen LogP contribution is -2.27. The fourth-order valence-electron chi connectivity index (χ4n) is 2.05. The number of benzene rings is 2. The number of hydrogen-bond donors (Lipinski definition) is 1. The Morgan fingerprint density at radius 3 is 2.47 bits per heavy atom. The maximum absolute atomic E-state index is 12.5. The predicted octanol–water partition coefficient (Wildman–Crippen LogP) is 3.16. The Labute approximate surface area is 113 Å². The van der Waals surface area contributed by atoms with Crippen LogP contribution in [0.5, 0.6) is 0 Å². The van der Waals surface area contributed by atoms with Gasteiger partial charge in [-0.05, 0) is 37.6 Å². The van der Waals surface area contributed by atoms with E-state index < -0.39 is 0 Å². The van der Waals surface area contributed by atoms with E-state index >= 15 is 0 Å². The molecule has 98 valence electrons. The first kappa shape index (κ1) is 13.1. The van der Waals surface area contributed by atoms with Gasteiger partial charge in [0.25, 0.3) is 5.91 Å². The number of carbonyl (C=O) groups excluding carboxylic acids is 1. The number of aryl methyl sites for hydroxylation is 2. The molecule has 19 heavy (non-hydrogen) atoms. The summed E-state index contributed by atoms with van der Waals surface area (Å²) in [6.45, 7) is 3.92. The van der Waals surface area contributed by atoms with E-state index in [0.29, 0.717) is 11.3 Å². The fraction of sp³-hybridized carbons (Fsp3) is 0.188. The van der Waals surface area contributed by atoms with Gasteiger partial charge in [-0.1, -0.05) is 29.8 Å². The van der Waals surface area contributed by atoms with Crippen molar-refractivity contribution in [1.29, 1.82) is 0 Å². The third-order valence-electron chi connectivity index (χ3n) is 3.23. The minimum Gasteiger partial charge on any atom is -0.397 e. The number of nitrogens with zero attached hydrogens (tertiary/aromatic N) is 1. The quantitative estimate of drug-likeness (QED) is 0.837. The molecule has 0 saturated carbocycles. The number of nitrogens with two attached hydrogens (primary N) is 1. The first-order valence-corrected chi connectivity index (χ1v) is 6.20. The molecule has 1 amide bonds. The molecule has 0 heterocycles. The number of carbonyl (C=O) groups is 1. The summed E-state index contributed by atoms with van der Waals surface area (Å²) in [4.78, 5) is 14.1. The lowest BCUT2D eigenvalue weighted by molar-refractivity contribution is 0.0992. The maximum atomic E-state index is 12.5. The van der Waals surface area contributed by atoms with Crippen LogP contribution in [0, 0.1) is 13.8 Å². The van der Waals surface area contributed by atoms with E-state index in [-0.39, 0.29) is 5.91 Å². The molecule has 0 spiro atoms. The highest BCUT2D eigenvalue weighted by atomic mass is 16.2. The number of hydrogen-bond acceptors (Lipinski definition) is 2. The van der Waals surface area contributed by atoms with E-state index in [4.69, 9.17) is 5.73 Å². The number of rotatable bonds is 2. The Morgan fingerprint density at radius 1 is 1.11 bits per heavy atom. The second-order valence-corrected chi connectivity index (χ2v) is 4.74. The van der Waals surface area contributed by atoms with Crippen LogP contribution in [0.1, 0.15) is 21.5 Å². The van der Waals surface area contributed by atoms with Gasteiger partial charge in [0.2, 0.25) is 0 Å². The highest BCUT2D eigenvalue weighted by Gasteiger charge is 2.17. The molecule has 0 aliphatic rings. The molecule has 3 heteroatoms. The molecule has 0 saturated heterocycles. The smallest absolute Gasteiger partial charge is 0.258 e. The van der Waals surface area contributed by atoms with Gasteiger partial charge in [0, 0.05) is 12.6 Å². The van der Waals surface area contributed by atoms with E-state index in [1.54, 1.807) is 18.0 Å². The van der Waals surface area contributed by atoms with E-state index in [1.165, 1.54) is 0 Å². The van der Waals surface area contributed by atoms with Crippen molar-refractivity contribution in [3.8, 4) is 0 Å². The van der Waals surface area contributed by atoms with Crippen LogP contribution in [0.2, 0.25) is 0 Å². The van der Waals surface area contributed by atoms with Crippen molar-refractivity contribution in [1.82, 2.24) is 0 Å². The average molecular weight is 254 g/mol. The summed E-state index contributed by atoms with van der Waals surface area (Å²) in [5.74, 6) is -0.0425. The number of anilines is 2. The van der Waals surface area contributed by atoms with Crippen molar-refractivity contribution in [3.05, 3.63) is 59.2 Å². The van der Waals surface area contributed by atoms with Gasteiger partial charge in [-0.25, -0.2) is 0 Å². The molecule has 0 bridgehead atoms. The summed E-state index contributed by atoms with van der Waals surface area (Å²) in [7, 11) is 1.75. The van der Waals surface area contributed by atoms with Crippen LogP contribution >= 0.6 is 0 Å². The normalized spacial score (nSPS) is 10.3. The van der Waals surface area contributed by atoms with Crippen LogP contribution in [-0.4, -0.2) is 13.0 Å². The lowest BCUT2D eigenvalue weighted by Gasteiger charge is -2.20. The van der Waals surface area contributed by atoms with Crippen molar-refractivity contribution >= 4 is 17.3 Å². The van der Waals surface area contributed by atoms with Crippen LogP contribution in [0.15, 0.2) is 42.5 Å². The van der Waals surface area contributed by atoms with Crippen LogP contribution in [-0.2, 0) is 0 Å². The first-order chi connectivity index (χ1) is 9.00. The Kier molecular flexibility index (Phi) is 3.56. The highest BCUT2D eigenvalue weighted by Crippen LogP contribution is 2.23. The molecule has 2 aromatic rings. The lowest BCUT2D eigenvalue weighted by atomic mass is 10.0. The van der Waals surface area contributed by atoms with Gasteiger partial charge in [0.15, 0.2) is 0 Å². The maximum Gasteiger partial charge on any atom is 0.258 e. The molecule has 2 rings (SSSR count). The van der Waals surface area contributed by atoms with E-state index in [2.05, 4.69) is 0 Å². The second kappa shape index (κ2) is 5.14. The molecule has 2 aromatic carbocycles. The predicted molar refractivity (Wildman–Crippen MR) is 79.5 cm³/mol. The minimum atomic E-state index is -0.0425. The molecule has 2 N–H and O–H groups in total. The van der Waals surface area contributed by atoms with Gasteiger partial charge in [0.05, 0.1) is 11.4 Å². The molecule has 0 atom stereocenters. The Bertz CT molecular complexity index is 620. The Balaban J connectivity index is 2.39. The van der Waals surface area contributed by atoms with Gasteiger partial charge in [-0.15, -0.1) is 0 Å². The van der Waals surface area contributed by atoms with Crippen molar-refractivity contribution in [2.45, 2.75) is 13.8 Å². The molecule has 0 aliphatic heterocycles. The number of amides is 1. The molecule has 0 radical (unpaired) electrons. The minimum absolute atomic E-state index is 0.0425. The molecular formula is C16H18N2O. The largest absolute Gasteiger partial charge is 0.397 e. The molecule has 0 aliphatic carbocycles. The number of para-hydroxylation sites is 2. The highest BCUT2D eigenvalue weighted by molar-refractivity contribution is 6.08. The third kappa shape index (κ3) is 2.60. The Hall–Kier alpha value is -2.29. The van der Waals surface area contributed by atoms with E-state index in [0.717, 1.165) is 16.8 Å². The van der Waals surface area contributed by atoms with Crippen molar-refractivity contribution in [2.24, 2.45) is 0 Å². The summed E-state index contributed by atoms with van der Waals surface area (Å²) in [6.07, 6.45) is 0. The fourth-order valence-corrected chi connectivity index (χ4v) is 2.05. The molecule has 0 fully saturated rings. The van der Waals surface area contributed by atoms with Crippen LogP contribution in [0.4, 0.5) is 11.4 Å². The SMILES string of the molecule is Cc1ccc(C)c(C(=O)N(C)c2ccccc2N)c1.